The van der Waals surface area contributed by atoms with Crippen molar-refractivity contribution in [3.63, 3.8) is 0 Å². The van der Waals surface area contributed by atoms with E-state index in [-0.39, 0.29) is 22.6 Å². The number of hydrogen-bond donors (Lipinski definition) is 3. The number of fused-ring (bicyclic) bond motifs is 1. The highest BCUT2D eigenvalue weighted by Gasteiger charge is 2.50. The lowest BCUT2D eigenvalue weighted by atomic mass is 9.79. The molecule has 3 aromatic rings. The minimum absolute atomic E-state index is 0.00819. The number of carboxylic acids is 1. The molecule has 0 radical (unpaired) electrons. The van der Waals surface area contributed by atoms with Crippen LogP contribution in [0.5, 0.6) is 11.5 Å². The molecule has 1 aliphatic heterocycles. The smallest absolute Gasteiger partial charge is 0.341 e. The number of hydrogen-bond acceptors (Lipinski definition) is 5. The number of benzene rings is 3. The molecule has 0 saturated carbocycles. The Balaban J connectivity index is 2.07. The van der Waals surface area contributed by atoms with E-state index in [1.54, 1.807) is 36.4 Å². The number of aromatic carboxylic acids is 1. The van der Waals surface area contributed by atoms with Crippen molar-refractivity contribution in [2.45, 2.75) is 5.60 Å². The van der Waals surface area contributed by atoms with Crippen LogP contribution in [0.25, 0.3) is 0 Å². The topological polar surface area (TPSA) is 104 Å². The van der Waals surface area contributed by atoms with Gasteiger partial charge in [0.05, 0.1) is 11.1 Å². The summed E-state index contributed by atoms with van der Waals surface area (Å²) in [4.78, 5) is 24.3. The van der Waals surface area contributed by atoms with Crippen LogP contribution >= 0.6 is 0 Å². The van der Waals surface area contributed by atoms with Gasteiger partial charge in [0.25, 0.3) is 0 Å². The van der Waals surface area contributed by atoms with E-state index in [2.05, 4.69) is 0 Å². The summed E-state index contributed by atoms with van der Waals surface area (Å²) in [5.74, 6) is -1.88. The van der Waals surface area contributed by atoms with Crippen LogP contribution in [0, 0.1) is 0 Å². The van der Waals surface area contributed by atoms with Crippen LogP contribution in [-0.4, -0.2) is 27.3 Å². The third-order valence-corrected chi connectivity index (χ3v) is 4.67. The molecule has 0 amide bonds. The van der Waals surface area contributed by atoms with Gasteiger partial charge >= 0.3 is 11.9 Å². The Hall–Kier alpha value is -3.80. The standard InChI is InChI=1S/C21H14O6/c22-14-8-4-12(5-9-14)21(13-6-10-15(23)11-7-13)17-3-1-2-16(19(24)25)18(17)20(26)27-21/h1-11,22-23H,(H,24,25). The minimum atomic E-state index is -1.39. The first-order chi connectivity index (χ1) is 12.9. The summed E-state index contributed by atoms with van der Waals surface area (Å²) >= 11 is 0. The third-order valence-electron chi connectivity index (χ3n) is 4.67. The van der Waals surface area contributed by atoms with Gasteiger partial charge in [0.15, 0.2) is 5.60 Å². The van der Waals surface area contributed by atoms with Gasteiger partial charge in [-0.2, -0.15) is 0 Å². The maximum absolute atomic E-state index is 12.7. The Morgan fingerprint density at radius 2 is 1.33 bits per heavy atom. The molecule has 134 valence electrons. The molecule has 3 aromatic carbocycles. The Morgan fingerprint density at radius 3 is 1.81 bits per heavy atom. The predicted octanol–water partition coefficient (Wildman–Crippen LogP) is 3.26. The van der Waals surface area contributed by atoms with Crippen molar-refractivity contribution in [2.24, 2.45) is 0 Å². The molecule has 0 bridgehead atoms. The van der Waals surface area contributed by atoms with Crippen LogP contribution in [0.3, 0.4) is 0 Å². The summed E-state index contributed by atoms with van der Waals surface area (Å²) < 4.78 is 5.80. The highest BCUT2D eigenvalue weighted by Crippen LogP contribution is 2.48. The van der Waals surface area contributed by atoms with Gasteiger partial charge in [0.1, 0.15) is 11.5 Å². The predicted molar refractivity (Wildman–Crippen MR) is 94.9 cm³/mol. The average Bonchev–Trinajstić information content (AvgIpc) is 2.97. The fourth-order valence-corrected chi connectivity index (χ4v) is 3.48. The molecular weight excluding hydrogens is 348 g/mol. The van der Waals surface area contributed by atoms with Crippen LogP contribution in [-0.2, 0) is 10.3 Å². The highest BCUT2D eigenvalue weighted by molar-refractivity contribution is 6.06. The number of phenols is 2. The van der Waals surface area contributed by atoms with Crippen molar-refractivity contribution in [3.8, 4) is 11.5 Å². The monoisotopic (exact) mass is 362 g/mol. The maximum Gasteiger partial charge on any atom is 0.341 e. The first kappa shape index (κ1) is 16.7. The van der Waals surface area contributed by atoms with E-state index < -0.39 is 17.5 Å². The zero-order chi connectivity index (χ0) is 19.2. The van der Waals surface area contributed by atoms with E-state index in [0.717, 1.165) is 0 Å². The average molecular weight is 362 g/mol. The molecule has 4 rings (SSSR count). The van der Waals surface area contributed by atoms with Crippen molar-refractivity contribution in [1.29, 1.82) is 0 Å². The quantitative estimate of drug-likeness (QED) is 0.618. The van der Waals surface area contributed by atoms with Crippen molar-refractivity contribution in [3.05, 3.63) is 94.5 Å². The van der Waals surface area contributed by atoms with Gasteiger partial charge in [-0.25, -0.2) is 9.59 Å². The highest BCUT2D eigenvalue weighted by atomic mass is 16.6. The Labute approximate surface area is 153 Å². The summed E-state index contributed by atoms with van der Waals surface area (Å²) in [7, 11) is 0. The van der Waals surface area contributed by atoms with E-state index >= 15 is 0 Å². The van der Waals surface area contributed by atoms with E-state index in [9.17, 15) is 24.9 Å². The van der Waals surface area contributed by atoms with Crippen LogP contribution < -0.4 is 0 Å². The molecule has 1 aliphatic rings. The lowest BCUT2D eigenvalue weighted by Gasteiger charge is -2.30. The molecule has 0 aliphatic carbocycles. The molecular formula is C21H14O6. The molecule has 0 fully saturated rings. The normalized spacial score (nSPS) is 14.4. The number of phenolic OH excluding ortho intramolecular Hbond substituents is 2. The molecule has 1 heterocycles. The van der Waals surface area contributed by atoms with Gasteiger partial charge in [-0.3, -0.25) is 0 Å². The number of aromatic hydroxyl groups is 2. The number of esters is 1. The van der Waals surface area contributed by atoms with Crippen molar-refractivity contribution < 1.29 is 29.6 Å². The number of carbonyl (C=O) groups excluding carboxylic acids is 1. The summed E-state index contributed by atoms with van der Waals surface area (Å²) in [5.41, 5.74) is -0.0626. The Morgan fingerprint density at radius 1 is 0.815 bits per heavy atom. The van der Waals surface area contributed by atoms with Crippen molar-refractivity contribution in [2.75, 3.05) is 0 Å². The number of carbonyl (C=O) groups is 2. The van der Waals surface area contributed by atoms with Gasteiger partial charge in [-0.15, -0.1) is 0 Å². The van der Waals surface area contributed by atoms with Gasteiger partial charge in [0, 0.05) is 16.7 Å². The second-order valence-corrected chi connectivity index (χ2v) is 6.20. The van der Waals surface area contributed by atoms with E-state index in [0.29, 0.717) is 16.7 Å². The Bertz CT molecular complexity index is 1010. The van der Waals surface area contributed by atoms with Gasteiger partial charge in [-0.05, 0) is 30.3 Å². The number of rotatable bonds is 3. The maximum atomic E-state index is 12.7. The fraction of sp³-hybridized carbons (Fsp3) is 0.0476. The molecule has 0 saturated heterocycles. The summed E-state index contributed by atoms with van der Waals surface area (Å²) in [6, 6.07) is 16.8. The summed E-state index contributed by atoms with van der Waals surface area (Å²) in [6.45, 7) is 0. The van der Waals surface area contributed by atoms with Crippen molar-refractivity contribution >= 4 is 11.9 Å². The van der Waals surface area contributed by atoms with Crippen LogP contribution in [0.15, 0.2) is 66.7 Å². The summed E-state index contributed by atoms with van der Waals surface area (Å²) in [6.07, 6.45) is 0. The molecule has 0 unspecified atom stereocenters. The molecule has 3 N–H and O–H groups in total. The van der Waals surface area contributed by atoms with Crippen molar-refractivity contribution in [1.82, 2.24) is 0 Å². The number of carboxylic acid groups (broad SMARTS) is 1. The summed E-state index contributed by atoms with van der Waals surface area (Å²) in [5, 5.41) is 28.7. The molecule has 27 heavy (non-hydrogen) atoms. The molecule has 6 heteroatoms. The molecule has 0 spiro atoms. The first-order valence-corrected chi connectivity index (χ1v) is 8.12. The lowest BCUT2D eigenvalue weighted by molar-refractivity contribution is 0.0249. The van der Waals surface area contributed by atoms with E-state index in [1.807, 2.05) is 0 Å². The SMILES string of the molecule is O=C(O)c1cccc2c1C(=O)OC2(c1ccc(O)cc1)c1ccc(O)cc1. The Kier molecular flexibility index (Phi) is 3.63. The second kappa shape index (κ2) is 5.88. The van der Waals surface area contributed by atoms with Gasteiger partial charge < -0.3 is 20.1 Å². The van der Waals surface area contributed by atoms with Crippen LogP contribution in [0.4, 0.5) is 0 Å². The van der Waals surface area contributed by atoms with Crippen LogP contribution in [0.2, 0.25) is 0 Å². The molecule has 0 atom stereocenters. The lowest BCUT2D eigenvalue weighted by Crippen LogP contribution is -2.29. The second-order valence-electron chi connectivity index (χ2n) is 6.20. The zero-order valence-corrected chi connectivity index (χ0v) is 13.9. The van der Waals surface area contributed by atoms with Crippen LogP contribution in [0.1, 0.15) is 37.4 Å². The molecule has 6 nitrogen and oxygen atoms in total. The first-order valence-electron chi connectivity index (χ1n) is 8.12. The van der Waals surface area contributed by atoms with Gasteiger partial charge in [-0.1, -0.05) is 36.4 Å². The van der Waals surface area contributed by atoms with Gasteiger partial charge in [0.2, 0.25) is 0 Å². The minimum Gasteiger partial charge on any atom is -0.508 e. The molecule has 0 aromatic heterocycles. The number of cyclic esters (lactones) is 1. The number of ether oxygens (including phenoxy) is 1. The third kappa shape index (κ3) is 2.42. The fourth-order valence-electron chi connectivity index (χ4n) is 3.48. The zero-order valence-electron chi connectivity index (χ0n) is 13.9. The largest absolute Gasteiger partial charge is 0.508 e. The van der Waals surface area contributed by atoms with E-state index in [4.69, 9.17) is 4.74 Å². The van der Waals surface area contributed by atoms with E-state index in [1.165, 1.54) is 30.3 Å².